The van der Waals surface area contributed by atoms with Gasteiger partial charge in [0.15, 0.2) is 5.78 Å². The van der Waals surface area contributed by atoms with Gasteiger partial charge in [-0.3, -0.25) is 9.59 Å². The van der Waals surface area contributed by atoms with Crippen LogP contribution in [0.4, 0.5) is 0 Å². The molecule has 0 bridgehead atoms. The molecule has 22 heavy (non-hydrogen) atoms. The Kier molecular flexibility index (Phi) is 3.08. The number of hydrogen-bond acceptors (Lipinski definition) is 3. The van der Waals surface area contributed by atoms with Crippen molar-refractivity contribution in [1.82, 2.24) is 0 Å². The molecule has 0 aromatic heterocycles. The minimum atomic E-state index is -0.238. The molecule has 0 spiro atoms. The summed E-state index contributed by atoms with van der Waals surface area (Å²) in [7, 11) is 0. The molecule has 1 heterocycles. The Labute approximate surface area is 132 Å². The van der Waals surface area contributed by atoms with Gasteiger partial charge in [-0.15, -0.1) is 0 Å². The summed E-state index contributed by atoms with van der Waals surface area (Å²) in [4.78, 5) is 23.5. The highest BCUT2D eigenvalue weighted by Gasteiger charge is 2.57. The third-order valence-corrected chi connectivity index (χ3v) is 7.30. The monoisotopic (exact) mass is 302 g/mol. The van der Waals surface area contributed by atoms with Crippen molar-refractivity contribution in [3.63, 3.8) is 0 Å². The Morgan fingerprint density at radius 2 is 1.82 bits per heavy atom. The average molecular weight is 302 g/mol. The molecule has 4 rings (SSSR count). The summed E-state index contributed by atoms with van der Waals surface area (Å²) >= 11 is 0. The van der Waals surface area contributed by atoms with Crippen molar-refractivity contribution in [2.75, 3.05) is 0 Å². The smallest absolute Gasteiger partial charge is 0.306 e. The maximum Gasteiger partial charge on any atom is 0.306 e. The maximum absolute atomic E-state index is 11.8. The molecular formula is C19H26O3. The number of ketones is 1. The largest absolute Gasteiger partial charge is 0.459 e. The Balaban J connectivity index is 1.67. The van der Waals surface area contributed by atoms with Crippen LogP contribution in [0.5, 0.6) is 0 Å². The van der Waals surface area contributed by atoms with E-state index < -0.39 is 0 Å². The molecule has 120 valence electrons. The van der Waals surface area contributed by atoms with E-state index in [-0.39, 0.29) is 17.0 Å². The molecule has 5 atom stereocenters. The summed E-state index contributed by atoms with van der Waals surface area (Å²) in [6, 6.07) is 0. The lowest BCUT2D eigenvalue weighted by atomic mass is 9.48. The molecule has 4 aliphatic rings. The zero-order valence-corrected chi connectivity index (χ0v) is 13.7. The number of ether oxygens (including phenoxy) is 1. The molecule has 1 saturated heterocycles. The molecule has 3 fully saturated rings. The third-order valence-electron chi connectivity index (χ3n) is 7.30. The van der Waals surface area contributed by atoms with Gasteiger partial charge < -0.3 is 4.74 Å². The lowest BCUT2D eigenvalue weighted by molar-refractivity contribution is -0.194. The number of hydrogen-bond donors (Lipinski definition) is 0. The average Bonchev–Trinajstić information content (AvgIpc) is 2.46. The van der Waals surface area contributed by atoms with Gasteiger partial charge in [0.1, 0.15) is 5.60 Å². The van der Waals surface area contributed by atoms with Crippen LogP contribution in [0.2, 0.25) is 0 Å². The zero-order chi connectivity index (χ0) is 15.5. The van der Waals surface area contributed by atoms with Crippen molar-refractivity contribution in [2.24, 2.45) is 23.2 Å². The van der Waals surface area contributed by atoms with Crippen LogP contribution in [0.1, 0.15) is 65.2 Å². The molecule has 0 N–H and O–H groups in total. The Morgan fingerprint density at radius 3 is 2.64 bits per heavy atom. The van der Waals surface area contributed by atoms with Gasteiger partial charge in [0, 0.05) is 18.8 Å². The van der Waals surface area contributed by atoms with Crippen LogP contribution in [0.3, 0.4) is 0 Å². The summed E-state index contributed by atoms with van der Waals surface area (Å²) in [5.74, 6) is 2.14. The van der Waals surface area contributed by atoms with E-state index in [0.717, 1.165) is 38.5 Å². The van der Waals surface area contributed by atoms with Crippen LogP contribution < -0.4 is 0 Å². The number of carbonyl (C=O) groups is 2. The molecule has 5 unspecified atom stereocenters. The predicted molar refractivity (Wildman–Crippen MR) is 83.1 cm³/mol. The first-order valence-corrected chi connectivity index (χ1v) is 8.88. The fourth-order valence-electron chi connectivity index (χ4n) is 6.08. The van der Waals surface area contributed by atoms with E-state index in [9.17, 15) is 9.59 Å². The van der Waals surface area contributed by atoms with Gasteiger partial charge in [0.2, 0.25) is 0 Å². The van der Waals surface area contributed by atoms with Crippen molar-refractivity contribution in [3.8, 4) is 0 Å². The van der Waals surface area contributed by atoms with Crippen LogP contribution in [-0.2, 0) is 14.3 Å². The Hall–Kier alpha value is -1.12. The van der Waals surface area contributed by atoms with E-state index in [1.807, 2.05) is 6.08 Å². The summed E-state index contributed by atoms with van der Waals surface area (Å²) in [6.07, 6.45) is 9.60. The predicted octanol–water partition coefficient (Wildman–Crippen LogP) is 3.81. The first-order valence-electron chi connectivity index (χ1n) is 8.88. The van der Waals surface area contributed by atoms with Gasteiger partial charge in [-0.25, -0.2) is 0 Å². The number of rotatable bonds is 0. The van der Waals surface area contributed by atoms with Crippen molar-refractivity contribution in [2.45, 2.75) is 70.8 Å². The van der Waals surface area contributed by atoms with E-state index in [1.165, 1.54) is 5.57 Å². The molecule has 0 radical (unpaired) electrons. The van der Waals surface area contributed by atoms with Crippen molar-refractivity contribution < 1.29 is 14.3 Å². The quantitative estimate of drug-likeness (QED) is 0.639. The molecule has 3 nitrogen and oxygen atoms in total. The van der Waals surface area contributed by atoms with E-state index in [4.69, 9.17) is 4.74 Å². The molecule has 3 aliphatic carbocycles. The molecule has 1 aliphatic heterocycles. The number of fused-ring (bicyclic) bond motifs is 5. The molecule has 0 amide bonds. The molecular weight excluding hydrogens is 276 g/mol. The second kappa shape index (κ2) is 4.69. The highest BCUT2D eigenvalue weighted by molar-refractivity contribution is 5.91. The SMILES string of the molecule is CC12CCC3C(CCC4=CC(=O)CCC43C)C1CCC(=O)O2. The van der Waals surface area contributed by atoms with Crippen LogP contribution in [0.25, 0.3) is 0 Å². The van der Waals surface area contributed by atoms with Crippen molar-refractivity contribution in [1.29, 1.82) is 0 Å². The van der Waals surface area contributed by atoms with Gasteiger partial charge in [-0.1, -0.05) is 12.5 Å². The zero-order valence-electron chi connectivity index (χ0n) is 13.7. The van der Waals surface area contributed by atoms with Gasteiger partial charge >= 0.3 is 5.97 Å². The Bertz CT molecular complexity index is 563. The molecule has 0 aromatic rings. The third kappa shape index (κ3) is 1.93. The Morgan fingerprint density at radius 1 is 1.00 bits per heavy atom. The summed E-state index contributed by atoms with van der Waals surface area (Å²) in [6.45, 7) is 4.54. The van der Waals surface area contributed by atoms with Crippen LogP contribution in [-0.4, -0.2) is 17.4 Å². The number of carbonyl (C=O) groups excluding carboxylic acids is 2. The standard InChI is InChI=1S/C19H26O3/c1-18-9-7-13(20)11-12(18)3-4-14-15(18)8-10-19(2)16(14)5-6-17(21)22-19/h11,14-16H,3-10H2,1-2H3. The van der Waals surface area contributed by atoms with Crippen LogP contribution >= 0.6 is 0 Å². The van der Waals surface area contributed by atoms with Crippen LogP contribution in [0, 0.1) is 23.2 Å². The minimum absolute atomic E-state index is 0.0110. The molecule has 0 aromatic carbocycles. The lowest BCUT2D eigenvalue weighted by Gasteiger charge is -2.59. The van der Waals surface area contributed by atoms with Gasteiger partial charge in [0.05, 0.1) is 0 Å². The molecule has 3 heteroatoms. The van der Waals surface area contributed by atoms with Gasteiger partial charge in [0.25, 0.3) is 0 Å². The number of esters is 1. The number of allylic oxidation sites excluding steroid dienone is 2. The molecule has 2 saturated carbocycles. The lowest BCUT2D eigenvalue weighted by Crippen LogP contribution is -2.56. The van der Waals surface area contributed by atoms with E-state index in [0.29, 0.717) is 36.4 Å². The first-order chi connectivity index (χ1) is 10.4. The normalized spacial score (nSPS) is 47.7. The second-order valence-corrected chi connectivity index (χ2v) is 8.33. The summed E-state index contributed by atoms with van der Waals surface area (Å²) in [5.41, 5.74) is 1.37. The fourth-order valence-corrected chi connectivity index (χ4v) is 6.08. The van der Waals surface area contributed by atoms with E-state index in [2.05, 4.69) is 13.8 Å². The fraction of sp³-hybridized carbons (Fsp3) is 0.789. The second-order valence-electron chi connectivity index (χ2n) is 8.33. The summed E-state index contributed by atoms with van der Waals surface area (Å²) in [5, 5.41) is 0. The highest BCUT2D eigenvalue weighted by atomic mass is 16.6. The highest BCUT2D eigenvalue weighted by Crippen LogP contribution is 2.61. The maximum atomic E-state index is 11.8. The summed E-state index contributed by atoms with van der Waals surface area (Å²) < 4.78 is 5.81. The minimum Gasteiger partial charge on any atom is -0.459 e. The van der Waals surface area contributed by atoms with Gasteiger partial charge in [-0.05, 0) is 68.8 Å². The van der Waals surface area contributed by atoms with Crippen molar-refractivity contribution >= 4 is 11.8 Å². The van der Waals surface area contributed by atoms with Crippen LogP contribution in [0.15, 0.2) is 11.6 Å². The van der Waals surface area contributed by atoms with Crippen molar-refractivity contribution in [3.05, 3.63) is 11.6 Å². The van der Waals surface area contributed by atoms with E-state index >= 15 is 0 Å². The first kappa shape index (κ1) is 14.5. The topological polar surface area (TPSA) is 43.4 Å². The van der Waals surface area contributed by atoms with E-state index in [1.54, 1.807) is 0 Å². The van der Waals surface area contributed by atoms with Gasteiger partial charge in [-0.2, -0.15) is 0 Å².